The fourth-order valence-corrected chi connectivity index (χ4v) is 2.43. The molecular formula is C15H16BrFN2O2. The quantitative estimate of drug-likeness (QED) is 0.892. The van der Waals surface area contributed by atoms with E-state index >= 15 is 0 Å². The van der Waals surface area contributed by atoms with Gasteiger partial charge in [-0.25, -0.2) is 4.39 Å². The van der Waals surface area contributed by atoms with Crippen molar-refractivity contribution in [2.75, 3.05) is 12.4 Å². The number of halogens is 2. The largest absolute Gasteiger partial charge is 0.494 e. The molecule has 1 N–H and O–H groups in total. The van der Waals surface area contributed by atoms with E-state index in [2.05, 4.69) is 21.2 Å². The van der Waals surface area contributed by atoms with Gasteiger partial charge in [-0.3, -0.25) is 4.79 Å². The molecule has 0 radical (unpaired) electrons. The summed E-state index contributed by atoms with van der Waals surface area (Å²) >= 11 is 3.36. The number of nitrogens with zero attached hydrogens (tertiary/aromatic N) is 1. The Morgan fingerprint density at radius 2 is 2.10 bits per heavy atom. The molecule has 1 aromatic carbocycles. The molecule has 1 aromatic heterocycles. The molecule has 21 heavy (non-hydrogen) atoms. The normalized spacial score (nSPS) is 10.8. The van der Waals surface area contributed by atoms with Gasteiger partial charge in [0.15, 0.2) is 11.6 Å². The number of anilines is 1. The Morgan fingerprint density at radius 1 is 1.38 bits per heavy atom. The molecule has 0 saturated heterocycles. The van der Waals surface area contributed by atoms with Crippen LogP contribution in [-0.4, -0.2) is 17.6 Å². The van der Waals surface area contributed by atoms with Gasteiger partial charge in [0, 0.05) is 28.5 Å². The van der Waals surface area contributed by atoms with Crippen molar-refractivity contribution in [1.82, 2.24) is 4.57 Å². The first kappa shape index (κ1) is 15.6. The highest BCUT2D eigenvalue weighted by molar-refractivity contribution is 9.10. The molecule has 0 spiro atoms. The van der Waals surface area contributed by atoms with Crippen LogP contribution in [0.15, 0.2) is 34.9 Å². The molecule has 0 aliphatic heterocycles. The molecule has 0 fully saturated rings. The van der Waals surface area contributed by atoms with E-state index in [0.717, 1.165) is 4.47 Å². The lowest BCUT2D eigenvalue weighted by molar-refractivity contribution is 0.101. The third kappa shape index (κ3) is 3.44. The maximum atomic E-state index is 13.6. The highest BCUT2D eigenvalue weighted by atomic mass is 79.9. The standard InChI is InChI=1S/C15H16BrFN2O2/c1-9(2)19-8-10(16)6-13(19)15(20)18-11-4-5-14(21-3)12(17)7-11/h4-9H,1-3H3,(H,18,20). The maximum absolute atomic E-state index is 13.6. The number of nitrogens with one attached hydrogen (secondary N) is 1. The molecule has 2 rings (SSSR count). The van der Waals surface area contributed by atoms with Crippen LogP contribution in [0.5, 0.6) is 5.75 Å². The average molecular weight is 355 g/mol. The third-order valence-corrected chi connectivity index (χ3v) is 3.45. The van der Waals surface area contributed by atoms with Gasteiger partial charge in [-0.05, 0) is 48.0 Å². The maximum Gasteiger partial charge on any atom is 0.272 e. The van der Waals surface area contributed by atoms with Gasteiger partial charge in [0.2, 0.25) is 0 Å². The summed E-state index contributed by atoms with van der Waals surface area (Å²) in [7, 11) is 1.39. The van der Waals surface area contributed by atoms with Crippen molar-refractivity contribution in [1.29, 1.82) is 0 Å². The molecule has 1 amide bonds. The molecule has 2 aromatic rings. The van der Waals surface area contributed by atoms with E-state index in [0.29, 0.717) is 11.4 Å². The molecule has 0 aliphatic rings. The van der Waals surface area contributed by atoms with Crippen LogP contribution < -0.4 is 10.1 Å². The van der Waals surface area contributed by atoms with Crippen molar-refractivity contribution in [2.45, 2.75) is 19.9 Å². The Labute approximate surface area is 131 Å². The SMILES string of the molecule is COc1ccc(NC(=O)c2cc(Br)cn2C(C)C)cc1F. The van der Waals surface area contributed by atoms with Gasteiger partial charge < -0.3 is 14.6 Å². The second-order valence-corrected chi connectivity index (χ2v) is 5.76. The minimum atomic E-state index is -0.518. The lowest BCUT2D eigenvalue weighted by atomic mass is 10.2. The first-order valence-electron chi connectivity index (χ1n) is 6.44. The average Bonchev–Trinajstić information content (AvgIpc) is 2.81. The number of carbonyl (C=O) groups excluding carboxylic acids is 1. The minimum absolute atomic E-state index is 0.140. The van der Waals surface area contributed by atoms with E-state index in [9.17, 15) is 9.18 Å². The van der Waals surface area contributed by atoms with Gasteiger partial charge in [0.1, 0.15) is 5.69 Å². The summed E-state index contributed by atoms with van der Waals surface area (Å²) in [4.78, 5) is 12.3. The van der Waals surface area contributed by atoms with Crippen molar-refractivity contribution >= 4 is 27.5 Å². The van der Waals surface area contributed by atoms with E-state index in [1.54, 1.807) is 12.1 Å². The summed E-state index contributed by atoms with van der Waals surface area (Å²) in [6.07, 6.45) is 1.84. The number of carbonyl (C=O) groups is 1. The van der Waals surface area contributed by atoms with Crippen molar-refractivity contribution < 1.29 is 13.9 Å². The second-order valence-electron chi connectivity index (χ2n) is 4.85. The number of benzene rings is 1. The number of rotatable bonds is 4. The van der Waals surface area contributed by atoms with Crippen molar-refractivity contribution in [3.8, 4) is 5.75 Å². The Morgan fingerprint density at radius 3 is 2.67 bits per heavy atom. The van der Waals surface area contributed by atoms with E-state index in [-0.39, 0.29) is 17.7 Å². The number of amides is 1. The van der Waals surface area contributed by atoms with Crippen molar-refractivity contribution in [3.05, 3.63) is 46.4 Å². The third-order valence-electron chi connectivity index (χ3n) is 3.01. The molecule has 0 unspecified atom stereocenters. The Kier molecular flexibility index (Phi) is 4.67. The van der Waals surface area contributed by atoms with Gasteiger partial charge in [0.05, 0.1) is 7.11 Å². The highest BCUT2D eigenvalue weighted by Gasteiger charge is 2.15. The highest BCUT2D eigenvalue weighted by Crippen LogP contribution is 2.23. The molecule has 0 saturated carbocycles. The lowest BCUT2D eigenvalue weighted by Crippen LogP contribution is -2.17. The van der Waals surface area contributed by atoms with Crippen LogP contribution in [-0.2, 0) is 0 Å². The number of hydrogen-bond acceptors (Lipinski definition) is 2. The fraction of sp³-hybridized carbons (Fsp3) is 0.267. The molecule has 1 heterocycles. The summed E-state index contributed by atoms with van der Waals surface area (Å²) in [5, 5.41) is 2.68. The topological polar surface area (TPSA) is 43.3 Å². The van der Waals surface area contributed by atoms with Gasteiger partial charge in [-0.15, -0.1) is 0 Å². The summed E-state index contributed by atoms with van der Waals surface area (Å²) in [6.45, 7) is 3.96. The monoisotopic (exact) mass is 354 g/mol. The summed E-state index contributed by atoms with van der Waals surface area (Å²) in [6, 6.07) is 6.17. The fourth-order valence-electron chi connectivity index (χ4n) is 1.99. The molecule has 0 bridgehead atoms. The van der Waals surface area contributed by atoms with Crippen LogP contribution in [0.1, 0.15) is 30.4 Å². The van der Waals surface area contributed by atoms with Crippen LogP contribution in [0.25, 0.3) is 0 Å². The molecule has 0 atom stereocenters. The summed E-state index contributed by atoms with van der Waals surface area (Å²) in [5.41, 5.74) is 0.888. The molecule has 0 aliphatic carbocycles. The van der Waals surface area contributed by atoms with Crippen LogP contribution >= 0.6 is 15.9 Å². The predicted molar refractivity (Wildman–Crippen MR) is 83.4 cm³/mol. The molecule has 112 valence electrons. The van der Waals surface area contributed by atoms with Gasteiger partial charge >= 0.3 is 0 Å². The number of ether oxygens (including phenoxy) is 1. The summed E-state index contributed by atoms with van der Waals surface area (Å²) < 4.78 is 21.1. The van der Waals surface area contributed by atoms with Crippen LogP contribution in [0.2, 0.25) is 0 Å². The Bertz CT molecular complexity index is 668. The van der Waals surface area contributed by atoms with Crippen LogP contribution in [0, 0.1) is 5.82 Å². The van der Waals surface area contributed by atoms with Crippen molar-refractivity contribution in [3.63, 3.8) is 0 Å². The molecular weight excluding hydrogens is 339 g/mol. The predicted octanol–water partition coefficient (Wildman–Crippen LogP) is 4.23. The smallest absolute Gasteiger partial charge is 0.272 e. The van der Waals surface area contributed by atoms with Gasteiger partial charge in [-0.2, -0.15) is 0 Å². The Balaban J connectivity index is 2.24. The number of methoxy groups -OCH3 is 1. The number of aromatic nitrogens is 1. The second kappa shape index (κ2) is 6.30. The van der Waals surface area contributed by atoms with Gasteiger partial charge in [0.25, 0.3) is 5.91 Å². The van der Waals surface area contributed by atoms with E-state index in [4.69, 9.17) is 4.74 Å². The molecule has 4 nitrogen and oxygen atoms in total. The Hall–Kier alpha value is -1.82. The van der Waals surface area contributed by atoms with E-state index < -0.39 is 5.82 Å². The lowest BCUT2D eigenvalue weighted by Gasteiger charge is -2.13. The first-order chi connectivity index (χ1) is 9.92. The zero-order valence-electron chi connectivity index (χ0n) is 12.0. The van der Waals surface area contributed by atoms with E-state index in [1.807, 2.05) is 24.6 Å². The zero-order valence-corrected chi connectivity index (χ0v) is 13.6. The minimum Gasteiger partial charge on any atom is -0.494 e. The molecule has 6 heteroatoms. The van der Waals surface area contributed by atoms with Crippen molar-refractivity contribution in [2.24, 2.45) is 0 Å². The van der Waals surface area contributed by atoms with E-state index in [1.165, 1.54) is 19.2 Å². The first-order valence-corrected chi connectivity index (χ1v) is 7.24. The number of hydrogen-bond donors (Lipinski definition) is 1. The van der Waals surface area contributed by atoms with Crippen LogP contribution in [0.4, 0.5) is 10.1 Å². The van der Waals surface area contributed by atoms with Gasteiger partial charge in [-0.1, -0.05) is 0 Å². The summed E-state index contributed by atoms with van der Waals surface area (Å²) in [5.74, 6) is -0.670. The zero-order chi connectivity index (χ0) is 15.6. The van der Waals surface area contributed by atoms with Crippen LogP contribution in [0.3, 0.4) is 0 Å².